The zero-order chi connectivity index (χ0) is 8.55. The lowest BCUT2D eigenvalue weighted by Crippen LogP contribution is -2.17. The van der Waals surface area contributed by atoms with Crippen molar-refractivity contribution in [1.29, 1.82) is 0 Å². The number of aliphatic hydroxyl groups is 1. The first kappa shape index (κ1) is 8.31. The van der Waals surface area contributed by atoms with Gasteiger partial charge in [0.25, 0.3) is 0 Å². The molecular formula is C11H18O. The van der Waals surface area contributed by atoms with Gasteiger partial charge >= 0.3 is 0 Å². The second-order valence-electron chi connectivity index (χ2n) is 4.37. The number of hydrogen-bond donors (Lipinski definition) is 1. The third-order valence-electron chi connectivity index (χ3n) is 3.49. The Morgan fingerprint density at radius 1 is 1.42 bits per heavy atom. The average Bonchev–Trinajstić information content (AvgIpc) is 2.76. The zero-order valence-corrected chi connectivity index (χ0v) is 7.58. The Bertz CT molecular complexity index is 176. The van der Waals surface area contributed by atoms with Crippen LogP contribution in [0.3, 0.4) is 0 Å². The van der Waals surface area contributed by atoms with Gasteiger partial charge < -0.3 is 5.11 Å². The minimum Gasteiger partial charge on any atom is -0.393 e. The van der Waals surface area contributed by atoms with Gasteiger partial charge in [-0.25, -0.2) is 0 Å². The van der Waals surface area contributed by atoms with Crippen LogP contribution in [0.2, 0.25) is 0 Å². The molecule has 0 aromatic carbocycles. The minimum atomic E-state index is 0.0415. The molecule has 0 saturated heterocycles. The fourth-order valence-corrected chi connectivity index (χ4v) is 2.65. The van der Waals surface area contributed by atoms with E-state index in [0.717, 1.165) is 12.3 Å². The van der Waals surface area contributed by atoms with Crippen molar-refractivity contribution in [2.24, 2.45) is 17.8 Å². The monoisotopic (exact) mass is 166 g/mol. The summed E-state index contributed by atoms with van der Waals surface area (Å²) in [6.07, 6.45) is 8.15. The van der Waals surface area contributed by atoms with E-state index in [9.17, 15) is 5.11 Å². The van der Waals surface area contributed by atoms with E-state index in [1.54, 1.807) is 0 Å². The van der Waals surface area contributed by atoms with Crippen LogP contribution in [-0.2, 0) is 0 Å². The van der Waals surface area contributed by atoms with Crippen LogP contribution < -0.4 is 0 Å². The Balaban J connectivity index is 1.71. The van der Waals surface area contributed by atoms with E-state index in [0.29, 0.717) is 11.8 Å². The van der Waals surface area contributed by atoms with Gasteiger partial charge in [0, 0.05) is 0 Å². The summed E-state index contributed by atoms with van der Waals surface area (Å²) in [5.41, 5.74) is 0. The molecule has 0 bridgehead atoms. The van der Waals surface area contributed by atoms with Crippen molar-refractivity contribution in [3.63, 3.8) is 0 Å². The molecule has 2 fully saturated rings. The highest BCUT2D eigenvalue weighted by molar-refractivity contribution is 5.02. The predicted molar refractivity (Wildman–Crippen MR) is 49.8 cm³/mol. The molecule has 68 valence electrons. The zero-order valence-electron chi connectivity index (χ0n) is 7.58. The molecule has 2 aliphatic rings. The molecule has 12 heavy (non-hydrogen) atoms. The van der Waals surface area contributed by atoms with Crippen molar-refractivity contribution in [2.75, 3.05) is 0 Å². The van der Waals surface area contributed by atoms with Crippen molar-refractivity contribution < 1.29 is 5.11 Å². The van der Waals surface area contributed by atoms with Crippen LogP contribution in [0.15, 0.2) is 12.7 Å². The van der Waals surface area contributed by atoms with Gasteiger partial charge in [0.2, 0.25) is 0 Å². The largest absolute Gasteiger partial charge is 0.393 e. The second kappa shape index (κ2) is 3.21. The van der Waals surface area contributed by atoms with E-state index in [2.05, 4.69) is 6.58 Å². The van der Waals surface area contributed by atoms with Crippen LogP contribution in [0, 0.1) is 17.8 Å². The maximum Gasteiger partial charge on any atom is 0.0599 e. The minimum absolute atomic E-state index is 0.0415. The lowest BCUT2D eigenvalue weighted by atomic mass is 9.94. The maximum atomic E-state index is 9.77. The number of hydrogen-bond acceptors (Lipinski definition) is 1. The van der Waals surface area contributed by atoms with Crippen LogP contribution in [0.1, 0.15) is 32.1 Å². The number of allylic oxidation sites excluding steroid dienone is 1. The molecule has 0 aromatic heterocycles. The first-order valence-corrected chi connectivity index (χ1v) is 5.12. The van der Waals surface area contributed by atoms with Crippen molar-refractivity contribution in [1.82, 2.24) is 0 Å². The standard InChI is InChI=1S/C11H18O/c1-2-3-4-5-8-6-9-7-10(9)11(8)12/h2,8-12H,1,3-7H2/t8-,9+,10-,11+/m1/s1. The molecule has 2 saturated carbocycles. The molecule has 2 aliphatic carbocycles. The third kappa shape index (κ3) is 1.42. The highest BCUT2D eigenvalue weighted by Gasteiger charge is 2.52. The Morgan fingerprint density at radius 3 is 2.83 bits per heavy atom. The van der Waals surface area contributed by atoms with Gasteiger partial charge in [0.05, 0.1) is 6.10 Å². The molecular weight excluding hydrogens is 148 g/mol. The van der Waals surface area contributed by atoms with Crippen molar-refractivity contribution in [3.8, 4) is 0 Å². The molecule has 0 aromatic rings. The van der Waals surface area contributed by atoms with Crippen LogP contribution >= 0.6 is 0 Å². The van der Waals surface area contributed by atoms with Crippen LogP contribution in [0.4, 0.5) is 0 Å². The maximum absolute atomic E-state index is 9.77. The molecule has 2 rings (SSSR count). The molecule has 1 heteroatoms. The predicted octanol–water partition coefficient (Wildman–Crippen LogP) is 2.36. The van der Waals surface area contributed by atoms with Gasteiger partial charge in [-0.1, -0.05) is 6.08 Å². The summed E-state index contributed by atoms with van der Waals surface area (Å²) < 4.78 is 0. The van der Waals surface area contributed by atoms with Crippen molar-refractivity contribution in [3.05, 3.63) is 12.7 Å². The Hall–Kier alpha value is -0.300. The fraction of sp³-hybridized carbons (Fsp3) is 0.818. The molecule has 1 nitrogen and oxygen atoms in total. The van der Waals surface area contributed by atoms with Gasteiger partial charge in [-0.2, -0.15) is 0 Å². The first-order chi connectivity index (χ1) is 5.83. The number of unbranched alkanes of at least 4 members (excludes halogenated alkanes) is 1. The first-order valence-electron chi connectivity index (χ1n) is 5.12. The summed E-state index contributed by atoms with van der Waals surface area (Å²) in [4.78, 5) is 0. The smallest absolute Gasteiger partial charge is 0.0599 e. The van der Waals surface area contributed by atoms with Crippen LogP contribution in [0.5, 0.6) is 0 Å². The summed E-state index contributed by atoms with van der Waals surface area (Å²) in [7, 11) is 0. The molecule has 0 amide bonds. The summed E-state index contributed by atoms with van der Waals surface area (Å²) in [5.74, 6) is 2.21. The van der Waals surface area contributed by atoms with Gasteiger partial charge in [0.1, 0.15) is 0 Å². The van der Waals surface area contributed by atoms with Gasteiger partial charge in [0.15, 0.2) is 0 Å². The van der Waals surface area contributed by atoms with E-state index in [4.69, 9.17) is 0 Å². The van der Waals surface area contributed by atoms with Crippen molar-refractivity contribution in [2.45, 2.75) is 38.2 Å². The molecule has 0 aliphatic heterocycles. The summed E-state index contributed by atoms with van der Waals surface area (Å²) >= 11 is 0. The molecule has 0 radical (unpaired) electrons. The Morgan fingerprint density at radius 2 is 2.25 bits per heavy atom. The number of rotatable bonds is 4. The van der Waals surface area contributed by atoms with Gasteiger partial charge in [-0.05, 0) is 49.9 Å². The Labute approximate surface area is 74.5 Å². The van der Waals surface area contributed by atoms with E-state index in [-0.39, 0.29) is 6.10 Å². The highest BCUT2D eigenvalue weighted by Crippen LogP contribution is 2.55. The topological polar surface area (TPSA) is 20.2 Å². The number of fused-ring (bicyclic) bond motifs is 1. The normalized spacial score (nSPS) is 44.1. The molecule has 1 N–H and O–H groups in total. The van der Waals surface area contributed by atoms with Crippen LogP contribution in [0.25, 0.3) is 0 Å². The lowest BCUT2D eigenvalue weighted by molar-refractivity contribution is 0.102. The third-order valence-corrected chi connectivity index (χ3v) is 3.49. The summed E-state index contributed by atoms with van der Waals surface area (Å²) in [6, 6.07) is 0. The van der Waals surface area contributed by atoms with E-state index >= 15 is 0 Å². The van der Waals surface area contributed by atoms with E-state index < -0.39 is 0 Å². The quantitative estimate of drug-likeness (QED) is 0.502. The number of aliphatic hydroxyl groups excluding tert-OH is 1. The van der Waals surface area contributed by atoms with Crippen molar-refractivity contribution >= 4 is 0 Å². The highest BCUT2D eigenvalue weighted by atomic mass is 16.3. The lowest BCUT2D eigenvalue weighted by Gasteiger charge is -2.16. The molecule has 0 heterocycles. The average molecular weight is 166 g/mol. The SMILES string of the molecule is C=CCCC[C@@H]1C[C@H]2C[C@H]2[C@H]1O. The molecule has 0 spiro atoms. The van der Waals surface area contributed by atoms with E-state index in [1.807, 2.05) is 6.08 Å². The summed E-state index contributed by atoms with van der Waals surface area (Å²) in [6.45, 7) is 3.71. The second-order valence-corrected chi connectivity index (χ2v) is 4.37. The summed E-state index contributed by atoms with van der Waals surface area (Å²) in [5, 5.41) is 9.77. The fourth-order valence-electron chi connectivity index (χ4n) is 2.65. The molecule has 0 unspecified atom stereocenters. The van der Waals surface area contributed by atoms with Crippen LogP contribution in [-0.4, -0.2) is 11.2 Å². The van der Waals surface area contributed by atoms with E-state index in [1.165, 1.54) is 25.7 Å². The molecule has 4 atom stereocenters. The van der Waals surface area contributed by atoms with Gasteiger partial charge in [-0.15, -0.1) is 6.58 Å². The van der Waals surface area contributed by atoms with Gasteiger partial charge in [-0.3, -0.25) is 0 Å². The Kier molecular flexibility index (Phi) is 2.22.